The number of hydrogen-bond acceptors (Lipinski definition) is 3. The largest absolute Gasteiger partial charge is 0.352 e. The summed E-state index contributed by atoms with van der Waals surface area (Å²) in [5.41, 5.74) is 4.95. The highest BCUT2D eigenvalue weighted by Crippen LogP contribution is 2.06. The molecule has 4 N–H and O–H groups in total. The first kappa shape index (κ1) is 11.3. The maximum atomic E-state index is 10.4. The van der Waals surface area contributed by atoms with Crippen LogP contribution in [0.5, 0.6) is 0 Å². The number of carbonyl (C=O) groups excluding carboxylic acids is 1. The van der Waals surface area contributed by atoms with Gasteiger partial charge in [0, 0.05) is 25.7 Å². The summed E-state index contributed by atoms with van der Waals surface area (Å²) in [4.78, 5) is 12.7. The Balaban J connectivity index is 2.03. The van der Waals surface area contributed by atoms with Crippen LogP contribution in [0.1, 0.15) is 12.8 Å². The van der Waals surface area contributed by atoms with Gasteiger partial charge in [-0.25, -0.2) is 4.79 Å². The summed E-state index contributed by atoms with van der Waals surface area (Å²) in [7, 11) is 2.13. The van der Waals surface area contributed by atoms with Crippen molar-refractivity contribution >= 4 is 6.03 Å². The summed E-state index contributed by atoms with van der Waals surface area (Å²) in [5, 5.41) is 5.95. The van der Waals surface area contributed by atoms with E-state index in [1.54, 1.807) is 0 Å². The minimum Gasteiger partial charge on any atom is -0.352 e. The molecule has 1 heterocycles. The molecule has 1 aliphatic rings. The minimum absolute atomic E-state index is 0.451. The van der Waals surface area contributed by atoms with Crippen molar-refractivity contribution in [1.82, 2.24) is 15.5 Å². The number of urea groups is 1. The molecule has 5 heteroatoms. The number of nitrogens with zero attached hydrogens (tertiary/aromatic N) is 1. The predicted octanol–water partition coefficient (Wildman–Crippen LogP) is -0.661. The molecule has 1 saturated heterocycles. The molecule has 0 saturated carbocycles. The van der Waals surface area contributed by atoms with Crippen molar-refractivity contribution < 1.29 is 4.79 Å². The number of nitrogens with one attached hydrogen (secondary N) is 2. The lowest BCUT2D eigenvalue weighted by Crippen LogP contribution is -2.46. The van der Waals surface area contributed by atoms with Crippen LogP contribution in [-0.4, -0.2) is 50.2 Å². The zero-order valence-corrected chi connectivity index (χ0v) is 8.75. The smallest absolute Gasteiger partial charge is 0.312 e. The summed E-state index contributed by atoms with van der Waals surface area (Å²) in [6.07, 6.45) is 2.47. The second kappa shape index (κ2) is 5.82. The van der Waals surface area contributed by atoms with Gasteiger partial charge < -0.3 is 21.3 Å². The lowest BCUT2D eigenvalue weighted by molar-refractivity contribution is 0.226. The van der Waals surface area contributed by atoms with E-state index in [0.29, 0.717) is 12.6 Å². The van der Waals surface area contributed by atoms with Crippen molar-refractivity contribution in [3.05, 3.63) is 0 Å². The Hall–Kier alpha value is -0.810. The van der Waals surface area contributed by atoms with Gasteiger partial charge in [-0.1, -0.05) is 0 Å². The van der Waals surface area contributed by atoms with Crippen LogP contribution in [-0.2, 0) is 0 Å². The molecule has 0 radical (unpaired) electrons. The van der Waals surface area contributed by atoms with E-state index < -0.39 is 6.03 Å². The van der Waals surface area contributed by atoms with Crippen molar-refractivity contribution in [1.29, 1.82) is 0 Å². The number of carbonyl (C=O) groups is 1. The number of rotatable bonds is 4. The molecule has 0 aliphatic carbocycles. The number of primary amides is 1. The summed E-state index contributed by atoms with van der Waals surface area (Å²) >= 11 is 0. The van der Waals surface area contributed by atoms with E-state index in [1.165, 1.54) is 19.4 Å². The van der Waals surface area contributed by atoms with Crippen molar-refractivity contribution in [2.75, 3.05) is 33.2 Å². The highest BCUT2D eigenvalue weighted by Gasteiger charge is 2.15. The molecule has 1 unspecified atom stereocenters. The quantitative estimate of drug-likeness (QED) is 0.528. The number of amides is 2. The fourth-order valence-corrected chi connectivity index (χ4v) is 1.80. The third-order valence-corrected chi connectivity index (χ3v) is 2.48. The Kier molecular flexibility index (Phi) is 4.69. The molecular formula is C9H20N4O. The van der Waals surface area contributed by atoms with E-state index in [4.69, 9.17) is 5.73 Å². The van der Waals surface area contributed by atoms with Gasteiger partial charge in [-0.05, 0) is 26.4 Å². The number of likely N-dealkylation sites (tertiary alicyclic amines) is 1. The average Bonchev–Trinajstić information content (AvgIpc) is 2.12. The standard InChI is InChI=1S/C9H20N4O/c1-13-6-2-3-8(7-13)11-4-5-12-9(10)14/h8,11H,2-7H2,1H3,(H3,10,12,14). The van der Waals surface area contributed by atoms with Crippen LogP contribution in [0.3, 0.4) is 0 Å². The topological polar surface area (TPSA) is 70.4 Å². The molecular weight excluding hydrogens is 180 g/mol. The van der Waals surface area contributed by atoms with E-state index in [-0.39, 0.29) is 0 Å². The van der Waals surface area contributed by atoms with E-state index in [9.17, 15) is 4.79 Å². The van der Waals surface area contributed by atoms with Gasteiger partial charge in [-0.3, -0.25) is 0 Å². The van der Waals surface area contributed by atoms with Crippen LogP contribution in [0.15, 0.2) is 0 Å². The van der Waals surface area contributed by atoms with Gasteiger partial charge in [-0.2, -0.15) is 0 Å². The van der Waals surface area contributed by atoms with Gasteiger partial charge in [0.25, 0.3) is 0 Å². The first-order chi connectivity index (χ1) is 6.68. The van der Waals surface area contributed by atoms with Crippen molar-refractivity contribution in [3.63, 3.8) is 0 Å². The predicted molar refractivity (Wildman–Crippen MR) is 56.1 cm³/mol. The monoisotopic (exact) mass is 200 g/mol. The van der Waals surface area contributed by atoms with Gasteiger partial charge >= 0.3 is 6.03 Å². The molecule has 2 amide bonds. The number of piperidine rings is 1. The molecule has 1 aliphatic heterocycles. The van der Waals surface area contributed by atoms with E-state index in [2.05, 4.69) is 22.6 Å². The van der Waals surface area contributed by atoms with Gasteiger partial charge in [0.15, 0.2) is 0 Å². The molecule has 0 aromatic rings. The van der Waals surface area contributed by atoms with E-state index >= 15 is 0 Å². The Morgan fingerprint density at radius 1 is 1.57 bits per heavy atom. The summed E-state index contributed by atoms with van der Waals surface area (Å²) in [5.74, 6) is 0. The highest BCUT2D eigenvalue weighted by atomic mass is 16.2. The Morgan fingerprint density at radius 2 is 2.36 bits per heavy atom. The Labute approximate surface area is 85.0 Å². The van der Waals surface area contributed by atoms with Crippen molar-refractivity contribution in [3.8, 4) is 0 Å². The van der Waals surface area contributed by atoms with Crippen molar-refractivity contribution in [2.24, 2.45) is 5.73 Å². The third kappa shape index (κ3) is 4.43. The summed E-state index contributed by atoms with van der Waals surface area (Å²) in [6.45, 7) is 3.69. The van der Waals surface area contributed by atoms with Crippen LogP contribution in [0.2, 0.25) is 0 Å². The highest BCUT2D eigenvalue weighted by molar-refractivity contribution is 5.71. The Bertz CT molecular complexity index is 186. The molecule has 0 spiro atoms. The maximum Gasteiger partial charge on any atom is 0.312 e. The molecule has 1 atom stereocenters. The van der Waals surface area contributed by atoms with Gasteiger partial charge in [0.2, 0.25) is 0 Å². The fraction of sp³-hybridized carbons (Fsp3) is 0.889. The van der Waals surface area contributed by atoms with Gasteiger partial charge in [-0.15, -0.1) is 0 Å². The number of hydrogen-bond donors (Lipinski definition) is 3. The molecule has 5 nitrogen and oxygen atoms in total. The second-order valence-electron chi connectivity index (χ2n) is 3.85. The SMILES string of the molecule is CN1CCCC(NCCNC(N)=O)C1. The first-order valence-electron chi connectivity index (χ1n) is 5.13. The zero-order valence-electron chi connectivity index (χ0n) is 8.75. The second-order valence-corrected chi connectivity index (χ2v) is 3.85. The minimum atomic E-state index is -0.451. The molecule has 14 heavy (non-hydrogen) atoms. The van der Waals surface area contributed by atoms with Crippen LogP contribution >= 0.6 is 0 Å². The van der Waals surface area contributed by atoms with E-state index in [1.807, 2.05) is 0 Å². The molecule has 82 valence electrons. The molecule has 0 aromatic heterocycles. The third-order valence-electron chi connectivity index (χ3n) is 2.48. The molecule has 0 aromatic carbocycles. The zero-order chi connectivity index (χ0) is 10.4. The maximum absolute atomic E-state index is 10.4. The van der Waals surface area contributed by atoms with Crippen LogP contribution in [0.4, 0.5) is 4.79 Å². The Morgan fingerprint density at radius 3 is 3.00 bits per heavy atom. The number of likely N-dealkylation sites (N-methyl/N-ethyl adjacent to an activating group) is 1. The number of nitrogens with two attached hydrogens (primary N) is 1. The van der Waals surface area contributed by atoms with Gasteiger partial charge in [0.1, 0.15) is 0 Å². The first-order valence-corrected chi connectivity index (χ1v) is 5.13. The normalized spacial score (nSPS) is 23.4. The van der Waals surface area contributed by atoms with Crippen molar-refractivity contribution in [2.45, 2.75) is 18.9 Å². The lowest BCUT2D eigenvalue weighted by Gasteiger charge is -2.30. The van der Waals surface area contributed by atoms with Crippen LogP contribution in [0.25, 0.3) is 0 Å². The van der Waals surface area contributed by atoms with Crippen LogP contribution < -0.4 is 16.4 Å². The average molecular weight is 200 g/mol. The van der Waals surface area contributed by atoms with Crippen LogP contribution in [0, 0.1) is 0 Å². The van der Waals surface area contributed by atoms with E-state index in [0.717, 1.165) is 13.1 Å². The molecule has 1 rings (SSSR count). The van der Waals surface area contributed by atoms with Gasteiger partial charge in [0.05, 0.1) is 0 Å². The fourth-order valence-electron chi connectivity index (χ4n) is 1.80. The summed E-state index contributed by atoms with van der Waals surface area (Å²) in [6, 6.07) is 0.107. The summed E-state index contributed by atoms with van der Waals surface area (Å²) < 4.78 is 0. The lowest BCUT2D eigenvalue weighted by atomic mass is 10.1. The molecule has 1 fully saturated rings. The molecule has 0 bridgehead atoms.